The first-order valence-electron chi connectivity index (χ1n) is 9.36. The van der Waals surface area contributed by atoms with Crippen LogP contribution in [0.5, 0.6) is 5.75 Å². The minimum absolute atomic E-state index is 0.0138. The smallest absolute Gasteiger partial charge is 0.265 e. The third-order valence-corrected chi connectivity index (χ3v) is 6.40. The molecule has 3 rings (SSSR count). The van der Waals surface area contributed by atoms with Crippen molar-refractivity contribution < 1.29 is 22.5 Å². The molecule has 0 aliphatic rings. The second kappa shape index (κ2) is 8.99. The van der Waals surface area contributed by atoms with E-state index in [1.807, 2.05) is 6.92 Å². The van der Waals surface area contributed by atoms with Gasteiger partial charge in [0.25, 0.3) is 15.9 Å². The number of rotatable bonds is 7. The lowest BCUT2D eigenvalue weighted by atomic mass is 10.2. The van der Waals surface area contributed by atoms with Crippen molar-refractivity contribution in [2.24, 2.45) is 0 Å². The Kier molecular flexibility index (Phi) is 6.56. The van der Waals surface area contributed by atoms with Gasteiger partial charge in [-0.05, 0) is 75.7 Å². The Morgan fingerprint density at radius 1 is 1.13 bits per heavy atom. The van der Waals surface area contributed by atoms with Gasteiger partial charge in [-0.1, -0.05) is 16.8 Å². The van der Waals surface area contributed by atoms with Gasteiger partial charge in [0.15, 0.2) is 6.10 Å². The lowest BCUT2D eigenvalue weighted by Crippen LogP contribution is -2.30. The zero-order valence-electron chi connectivity index (χ0n) is 17.4. The molecule has 0 saturated heterocycles. The Bertz CT molecular complexity index is 1210. The van der Waals surface area contributed by atoms with Gasteiger partial charge in [0.05, 0.1) is 10.6 Å². The van der Waals surface area contributed by atoms with Crippen LogP contribution in [0.2, 0.25) is 5.02 Å². The van der Waals surface area contributed by atoms with Crippen molar-refractivity contribution in [1.82, 2.24) is 5.16 Å². The first-order valence-corrected chi connectivity index (χ1v) is 11.2. The number of hydrogen-bond donors (Lipinski definition) is 2. The van der Waals surface area contributed by atoms with E-state index in [0.717, 1.165) is 5.56 Å². The van der Waals surface area contributed by atoms with Crippen LogP contribution in [0.4, 0.5) is 11.6 Å². The van der Waals surface area contributed by atoms with E-state index in [1.54, 1.807) is 39.0 Å². The minimum atomic E-state index is -3.86. The maximum atomic E-state index is 12.5. The molecule has 0 aliphatic heterocycles. The number of ether oxygens (including phenoxy) is 1. The van der Waals surface area contributed by atoms with Crippen LogP contribution in [-0.2, 0) is 14.8 Å². The Morgan fingerprint density at radius 3 is 2.39 bits per heavy atom. The number of nitrogens with one attached hydrogen (secondary N) is 2. The number of amides is 1. The fourth-order valence-corrected chi connectivity index (χ4v) is 3.77. The standard InChI is InChI=1S/C21H22ClN3O5S/c1-12-11-17(7-10-19(12)22)29-15(4)20(26)23-16-5-8-18(9-6-16)31(27,28)25-21-13(2)14(3)24-30-21/h5-11,15,25H,1-4H3,(H,23,26). The molecule has 3 aromatic rings. The average molecular weight is 464 g/mol. The summed E-state index contributed by atoms with van der Waals surface area (Å²) in [6.45, 7) is 6.88. The van der Waals surface area contributed by atoms with E-state index in [9.17, 15) is 13.2 Å². The molecule has 10 heteroatoms. The zero-order valence-corrected chi connectivity index (χ0v) is 19.0. The first-order chi connectivity index (χ1) is 14.6. The fourth-order valence-electron chi connectivity index (χ4n) is 2.60. The Hall–Kier alpha value is -3.04. The summed E-state index contributed by atoms with van der Waals surface area (Å²) in [6.07, 6.45) is -0.775. The molecular formula is C21H22ClN3O5S. The molecule has 0 bridgehead atoms. The number of carbonyl (C=O) groups is 1. The molecule has 1 unspecified atom stereocenters. The summed E-state index contributed by atoms with van der Waals surface area (Å²) < 4.78 is 38.1. The molecule has 1 heterocycles. The number of aromatic nitrogens is 1. The van der Waals surface area contributed by atoms with Crippen LogP contribution in [0.15, 0.2) is 51.9 Å². The molecule has 0 fully saturated rings. The third-order valence-electron chi connectivity index (χ3n) is 4.63. The fraction of sp³-hybridized carbons (Fsp3) is 0.238. The quantitative estimate of drug-likeness (QED) is 0.535. The second-order valence-electron chi connectivity index (χ2n) is 7.01. The Balaban J connectivity index is 1.64. The summed E-state index contributed by atoms with van der Waals surface area (Å²) >= 11 is 6.00. The van der Waals surface area contributed by atoms with E-state index < -0.39 is 16.1 Å². The van der Waals surface area contributed by atoms with Crippen molar-refractivity contribution >= 4 is 39.1 Å². The molecule has 0 spiro atoms. The van der Waals surface area contributed by atoms with Crippen molar-refractivity contribution in [3.05, 3.63) is 64.3 Å². The monoisotopic (exact) mass is 463 g/mol. The van der Waals surface area contributed by atoms with Gasteiger partial charge in [-0.2, -0.15) is 0 Å². The zero-order chi connectivity index (χ0) is 22.8. The van der Waals surface area contributed by atoms with E-state index in [2.05, 4.69) is 15.2 Å². The topological polar surface area (TPSA) is 111 Å². The molecule has 0 aliphatic carbocycles. The van der Waals surface area contributed by atoms with Crippen molar-refractivity contribution in [2.45, 2.75) is 38.7 Å². The number of nitrogens with zero attached hydrogens (tertiary/aromatic N) is 1. The molecule has 0 radical (unpaired) electrons. The molecular weight excluding hydrogens is 442 g/mol. The molecule has 1 aromatic heterocycles. The van der Waals surface area contributed by atoms with Gasteiger partial charge in [0.2, 0.25) is 5.88 Å². The molecule has 164 valence electrons. The second-order valence-corrected chi connectivity index (χ2v) is 9.10. The first kappa shape index (κ1) is 22.6. The summed E-state index contributed by atoms with van der Waals surface area (Å²) in [5, 5.41) is 7.04. The summed E-state index contributed by atoms with van der Waals surface area (Å²) in [5.41, 5.74) is 2.48. The Morgan fingerprint density at radius 2 is 1.81 bits per heavy atom. The molecule has 1 atom stereocenters. The number of benzene rings is 2. The highest BCUT2D eigenvalue weighted by atomic mass is 35.5. The van der Waals surface area contributed by atoms with E-state index in [0.29, 0.717) is 27.7 Å². The maximum Gasteiger partial charge on any atom is 0.265 e. The van der Waals surface area contributed by atoms with Crippen LogP contribution in [0.3, 0.4) is 0 Å². The number of anilines is 2. The molecule has 0 saturated carbocycles. The van der Waals surface area contributed by atoms with Gasteiger partial charge in [-0.15, -0.1) is 0 Å². The summed E-state index contributed by atoms with van der Waals surface area (Å²) in [7, 11) is -3.86. The SMILES string of the molecule is Cc1cc(OC(C)C(=O)Nc2ccc(S(=O)(=O)Nc3onc(C)c3C)cc2)ccc1Cl. The number of carbonyl (C=O) groups excluding carboxylic acids is 1. The van der Waals surface area contributed by atoms with Gasteiger partial charge in [-0.3, -0.25) is 4.79 Å². The van der Waals surface area contributed by atoms with E-state index >= 15 is 0 Å². The summed E-state index contributed by atoms with van der Waals surface area (Å²) in [4.78, 5) is 12.4. The highest BCUT2D eigenvalue weighted by Crippen LogP contribution is 2.24. The number of halogens is 1. The minimum Gasteiger partial charge on any atom is -0.481 e. The number of sulfonamides is 1. The van der Waals surface area contributed by atoms with Gasteiger partial charge in [0.1, 0.15) is 5.75 Å². The third kappa shape index (κ3) is 5.36. The van der Waals surface area contributed by atoms with Crippen LogP contribution in [-0.4, -0.2) is 25.6 Å². The number of hydrogen-bond acceptors (Lipinski definition) is 6. The highest BCUT2D eigenvalue weighted by molar-refractivity contribution is 7.92. The predicted octanol–water partition coefficient (Wildman–Crippen LogP) is 4.46. The highest BCUT2D eigenvalue weighted by Gasteiger charge is 2.20. The van der Waals surface area contributed by atoms with Crippen LogP contribution >= 0.6 is 11.6 Å². The number of aryl methyl sites for hydroxylation is 2. The molecule has 8 nitrogen and oxygen atoms in total. The average Bonchev–Trinajstić information content (AvgIpc) is 3.02. The van der Waals surface area contributed by atoms with Crippen LogP contribution in [0.1, 0.15) is 23.7 Å². The van der Waals surface area contributed by atoms with E-state index in [4.69, 9.17) is 20.9 Å². The maximum absolute atomic E-state index is 12.5. The van der Waals surface area contributed by atoms with Crippen LogP contribution in [0.25, 0.3) is 0 Å². The normalized spacial score (nSPS) is 12.3. The summed E-state index contributed by atoms with van der Waals surface area (Å²) in [6, 6.07) is 10.9. The summed E-state index contributed by atoms with van der Waals surface area (Å²) in [5.74, 6) is 0.211. The van der Waals surface area contributed by atoms with Gasteiger partial charge >= 0.3 is 0 Å². The lowest BCUT2D eigenvalue weighted by molar-refractivity contribution is -0.122. The molecule has 1 amide bonds. The molecule has 2 N–H and O–H groups in total. The Labute approximate surface area is 185 Å². The molecule has 2 aromatic carbocycles. The van der Waals surface area contributed by atoms with Gasteiger partial charge in [-0.25, -0.2) is 13.1 Å². The van der Waals surface area contributed by atoms with Crippen molar-refractivity contribution in [2.75, 3.05) is 10.0 Å². The van der Waals surface area contributed by atoms with E-state index in [1.165, 1.54) is 24.3 Å². The largest absolute Gasteiger partial charge is 0.481 e. The van der Waals surface area contributed by atoms with E-state index in [-0.39, 0.29) is 16.7 Å². The van der Waals surface area contributed by atoms with Gasteiger partial charge in [0, 0.05) is 16.3 Å². The van der Waals surface area contributed by atoms with Crippen LogP contribution in [0, 0.1) is 20.8 Å². The van der Waals surface area contributed by atoms with Crippen molar-refractivity contribution in [1.29, 1.82) is 0 Å². The van der Waals surface area contributed by atoms with Crippen LogP contribution < -0.4 is 14.8 Å². The molecule has 31 heavy (non-hydrogen) atoms. The van der Waals surface area contributed by atoms with Gasteiger partial charge < -0.3 is 14.6 Å². The van der Waals surface area contributed by atoms with Crippen molar-refractivity contribution in [3.8, 4) is 5.75 Å². The predicted molar refractivity (Wildman–Crippen MR) is 118 cm³/mol. The van der Waals surface area contributed by atoms with Crippen molar-refractivity contribution in [3.63, 3.8) is 0 Å². The lowest BCUT2D eigenvalue weighted by Gasteiger charge is -2.15.